The number of aromatic nitrogens is 1. The van der Waals surface area contributed by atoms with Crippen LogP contribution in [-0.2, 0) is 11.2 Å². The lowest BCUT2D eigenvalue weighted by Crippen LogP contribution is -2.25. The van der Waals surface area contributed by atoms with Crippen LogP contribution in [0.1, 0.15) is 19.4 Å². The average Bonchev–Trinajstić information content (AvgIpc) is 2.54. The minimum absolute atomic E-state index is 0.689. The summed E-state index contributed by atoms with van der Waals surface area (Å²) in [5.74, 6) is -0.0941. The van der Waals surface area contributed by atoms with E-state index < -0.39 is 12.0 Å². The number of aliphatic carboxylic acids is 1. The smallest absolute Gasteiger partial charge is 0.325 e. The third kappa shape index (κ3) is 3.36. The number of carbonyl (C=O) groups is 1. The number of pyridine rings is 1. The van der Waals surface area contributed by atoms with Gasteiger partial charge in [0, 0.05) is 11.8 Å². The monoisotopic (exact) mass is 300 g/mol. The van der Waals surface area contributed by atoms with Crippen LogP contribution < -0.4 is 10.1 Å². The fourth-order valence-corrected chi connectivity index (χ4v) is 2.29. The Morgan fingerprint density at radius 2 is 2.14 bits per heavy atom. The van der Waals surface area contributed by atoms with Gasteiger partial charge in [0.25, 0.3) is 0 Å². The second-order valence-corrected chi connectivity index (χ2v) is 5.00. The first-order valence-corrected chi connectivity index (χ1v) is 7.17. The number of carboxylic acids is 1. The quantitative estimate of drug-likeness (QED) is 0.857. The molecule has 1 aromatic carbocycles. The van der Waals surface area contributed by atoms with Crippen molar-refractivity contribution in [3.63, 3.8) is 0 Å². The van der Waals surface area contributed by atoms with Crippen molar-refractivity contribution in [3.05, 3.63) is 42.2 Å². The molecule has 0 bridgehead atoms. The molecule has 0 aliphatic rings. The molecule has 2 N–H and O–H groups in total. The number of ether oxygens (including phenoxy) is 1. The van der Waals surface area contributed by atoms with Gasteiger partial charge < -0.3 is 15.2 Å². The van der Waals surface area contributed by atoms with Crippen LogP contribution in [0.25, 0.3) is 11.1 Å². The fraction of sp³-hybridized carbons (Fsp3) is 0.294. The molecule has 0 radical (unpaired) electrons. The van der Waals surface area contributed by atoms with Gasteiger partial charge in [0.05, 0.1) is 19.0 Å². The first-order valence-electron chi connectivity index (χ1n) is 7.17. The molecule has 116 valence electrons. The maximum atomic E-state index is 11.1. The van der Waals surface area contributed by atoms with Crippen LogP contribution in [0.3, 0.4) is 0 Å². The maximum absolute atomic E-state index is 11.1. The molecule has 1 heterocycles. The van der Waals surface area contributed by atoms with Crippen molar-refractivity contribution in [2.45, 2.75) is 26.3 Å². The molecule has 5 heteroatoms. The van der Waals surface area contributed by atoms with Crippen molar-refractivity contribution < 1.29 is 14.6 Å². The van der Waals surface area contributed by atoms with Crippen LogP contribution in [0.4, 0.5) is 5.69 Å². The molecule has 5 nitrogen and oxygen atoms in total. The Morgan fingerprint density at radius 1 is 1.36 bits per heavy atom. The van der Waals surface area contributed by atoms with Crippen LogP contribution in [0.15, 0.2) is 36.7 Å². The molecule has 0 fully saturated rings. The van der Waals surface area contributed by atoms with E-state index >= 15 is 0 Å². The molecule has 0 saturated carbocycles. The normalized spacial score (nSPS) is 11.8. The van der Waals surface area contributed by atoms with Gasteiger partial charge in [0.1, 0.15) is 11.8 Å². The number of hydrogen-bond donors (Lipinski definition) is 2. The molecule has 0 aliphatic carbocycles. The predicted molar refractivity (Wildman–Crippen MR) is 86.3 cm³/mol. The molecule has 1 atom stereocenters. The third-order valence-corrected chi connectivity index (χ3v) is 3.55. The molecule has 2 aromatic rings. The topological polar surface area (TPSA) is 71.5 Å². The van der Waals surface area contributed by atoms with Crippen molar-refractivity contribution in [2.24, 2.45) is 0 Å². The van der Waals surface area contributed by atoms with Gasteiger partial charge in [-0.25, -0.2) is 0 Å². The maximum Gasteiger partial charge on any atom is 0.325 e. The van der Waals surface area contributed by atoms with Crippen molar-refractivity contribution in [3.8, 4) is 16.9 Å². The van der Waals surface area contributed by atoms with E-state index in [9.17, 15) is 4.79 Å². The SMILES string of the molecule is CCc1cc(OC)ccc1-c1ccncc1N[C@@H](C)C(=O)O. The van der Waals surface area contributed by atoms with E-state index in [1.807, 2.05) is 24.3 Å². The lowest BCUT2D eigenvalue weighted by molar-refractivity contribution is -0.137. The van der Waals surface area contributed by atoms with Crippen molar-refractivity contribution in [1.29, 1.82) is 0 Å². The Morgan fingerprint density at radius 3 is 2.77 bits per heavy atom. The number of benzene rings is 1. The summed E-state index contributed by atoms with van der Waals surface area (Å²) in [5, 5.41) is 12.1. The summed E-state index contributed by atoms with van der Waals surface area (Å²) in [6.45, 7) is 3.68. The first-order chi connectivity index (χ1) is 10.6. The zero-order chi connectivity index (χ0) is 16.1. The Hall–Kier alpha value is -2.56. The van der Waals surface area contributed by atoms with Gasteiger partial charge in [-0.05, 0) is 42.7 Å². The van der Waals surface area contributed by atoms with E-state index in [-0.39, 0.29) is 0 Å². The van der Waals surface area contributed by atoms with Crippen LogP contribution >= 0.6 is 0 Å². The van der Waals surface area contributed by atoms with Crippen molar-refractivity contribution >= 4 is 11.7 Å². The Bertz CT molecular complexity index is 671. The number of nitrogens with one attached hydrogen (secondary N) is 1. The number of carboxylic acid groups (broad SMARTS) is 1. The fourth-order valence-electron chi connectivity index (χ4n) is 2.29. The van der Waals surface area contributed by atoms with Crippen LogP contribution in [0.5, 0.6) is 5.75 Å². The number of aryl methyl sites for hydroxylation is 1. The zero-order valence-corrected chi connectivity index (χ0v) is 13.0. The van der Waals surface area contributed by atoms with Crippen LogP contribution in [0, 0.1) is 0 Å². The van der Waals surface area contributed by atoms with Gasteiger partial charge in [-0.1, -0.05) is 13.0 Å². The molecule has 0 aliphatic heterocycles. The Labute approximate surface area is 130 Å². The summed E-state index contributed by atoms with van der Waals surface area (Å²) >= 11 is 0. The number of methoxy groups -OCH3 is 1. The van der Waals surface area contributed by atoms with Gasteiger partial charge in [-0.15, -0.1) is 0 Å². The van der Waals surface area contributed by atoms with Crippen molar-refractivity contribution in [2.75, 3.05) is 12.4 Å². The number of hydrogen-bond acceptors (Lipinski definition) is 4. The molecule has 0 amide bonds. The molecule has 22 heavy (non-hydrogen) atoms. The molecule has 1 aromatic heterocycles. The van der Waals surface area contributed by atoms with E-state index in [0.29, 0.717) is 5.69 Å². The Kier molecular flexibility index (Phi) is 4.99. The average molecular weight is 300 g/mol. The van der Waals surface area contributed by atoms with Gasteiger partial charge in [-0.2, -0.15) is 0 Å². The number of rotatable bonds is 6. The number of anilines is 1. The summed E-state index contributed by atoms with van der Waals surface area (Å²) in [4.78, 5) is 15.2. The standard InChI is InChI=1S/C17H20N2O3/c1-4-12-9-13(22-3)5-6-14(12)15-7-8-18-10-16(15)19-11(2)17(20)21/h5-11,19H,4H2,1-3H3,(H,20,21)/t11-/m0/s1. The summed E-state index contributed by atoms with van der Waals surface area (Å²) in [5.41, 5.74) is 3.82. The van der Waals surface area contributed by atoms with E-state index in [2.05, 4.69) is 17.2 Å². The van der Waals surface area contributed by atoms with E-state index in [4.69, 9.17) is 9.84 Å². The highest BCUT2D eigenvalue weighted by Crippen LogP contribution is 2.32. The summed E-state index contributed by atoms with van der Waals surface area (Å²) in [6, 6.07) is 7.09. The van der Waals surface area contributed by atoms with Crippen LogP contribution in [0.2, 0.25) is 0 Å². The van der Waals surface area contributed by atoms with Crippen molar-refractivity contribution in [1.82, 2.24) is 4.98 Å². The van der Waals surface area contributed by atoms with Gasteiger partial charge in [0.2, 0.25) is 0 Å². The summed E-state index contributed by atoms with van der Waals surface area (Å²) in [7, 11) is 1.64. The summed E-state index contributed by atoms with van der Waals surface area (Å²) in [6.07, 6.45) is 4.21. The lowest BCUT2D eigenvalue weighted by atomic mass is 9.97. The highest BCUT2D eigenvalue weighted by atomic mass is 16.5. The second kappa shape index (κ2) is 6.93. The van der Waals surface area contributed by atoms with E-state index in [1.165, 1.54) is 0 Å². The third-order valence-electron chi connectivity index (χ3n) is 3.55. The molecule has 0 unspecified atom stereocenters. The molecular weight excluding hydrogens is 280 g/mol. The molecule has 0 saturated heterocycles. The second-order valence-electron chi connectivity index (χ2n) is 5.00. The summed E-state index contributed by atoms with van der Waals surface area (Å²) < 4.78 is 5.27. The largest absolute Gasteiger partial charge is 0.497 e. The zero-order valence-electron chi connectivity index (χ0n) is 13.0. The minimum Gasteiger partial charge on any atom is -0.497 e. The van der Waals surface area contributed by atoms with E-state index in [1.54, 1.807) is 26.4 Å². The van der Waals surface area contributed by atoms with Gasteiger partial charge in [-0.3, -0.25) is 9.78 Å². The number of nitrogens with zero attached hydrogens (tertiary/aromatic N) is 1. The first kappa shape index (κ1) is 15.8. The van der Waals surface area contributed by atoms with E-state index in [0.717, 1.165) is 28.9 Å². The highest BCUT2D eigenvalue weighted by molar-refractivity contribution is 5.83. The highest BCUT2D eigenvalue weighted by Gasteiger charge is 2.15. The lowest BCUT2D eigenvalue weighted by Gasteiger charge is -2.17. The van der Waals surface area contributed by atoms with Crippen LogP contribution in [-0.4, -0.2) is 29.2 Å². The minimum atomic E-state index is -0.903. The predicted octanol–water partition coefficient (Wildman–Crippen LogP) is 3.20. The molecular formula is C17H20N2O3. The molecule has 2 rings (SSSR count). The van der Waals surface area contributed by atoms with Gasteiger partial charge >= 0.3 is 5.97 Å². The Balaban J connectivity index is 2.47. The molecule has 0 spiro atoms. The van der Waals surface area contributed by atoms with Gasteiger partial charge in [0.15, 0.2) is 0 Å².